The maximum Gasteiger partial charge on any atom is 0.416 e. The fourth-order valence-corrected chi connectivity index (χ4v) is 2.86. The molecule has 2 aliphatic rings. The van der Waals surface area contributed by atoms with E-state index in [4.69, 9.17) is 0 Å². The number of nitrogens with zero attached hydrogens (tertiary/aromatic N) is 2. The van der Waals surface area contributed by atoms with E-state index in [0.717, 1.165) is 11.1 Å². The first-order valence-electron chi connectivity index (χ1n) is 7.58. The van der Waals surface area contributed by atoms with Crippen LogP contribution in [0.4, 0.5) is 13.2 Å². The Morgan fingerprint density at radius 1 is 1.29 bits per heavy atom. The lowest BCUT2D eigenvalue weighted by Crippen LogP contribution is -2.38. The van der Waals surface area contributed by atoms with E-state index >= 15 is 0 Å². The second kappa shape index (κ2) is 5.92. The number of hydrogen-bond acceptors (Lipinski definition) is 3. The first-order valence-corrected chi connectivity index (χ1v) is 7.58. The molecule has 1 aromatic carbocycles. The summed E-state index contributed by atoms with van der Waals surface area (Å²) in [5, 5.41) is 7.73. The number of rotatable bonds is 3. The second-order valence-corrected chi connectivity index (χ2v) is 5.97. The van der Waals surface area contributed by atoms with Crippen LogP contribution in [0.3, 0.4) is 0 Å². The zero-order valence-electron chi connectivity index (χ0n) is 12.9. The third kappa shape index (κ3) is 3.27. The molecule has 0 aromatic heterocycles. The highest BCUT2D eigenvalue weighted by Gasteiger charge is 2.45. The van der Waals surface area contributed by atoms with Crippen LogP contribution in [0, 0.1) is 0 Å². The highest BCUT2D eigenvalue weighted by Crippen LogP contribution is 2.46. The number of alkyl halides is 3. The predicted molar refractivity (Wildman–Crippen MR) is 80.2 cm³/mol. The molecule has 1 fully saturated rings. The average Bonchev–Trinajstić information content (AvgIpc) is 3.28. The summed E-state index contributed by atoms with van der Waals surface area (Å²) in [6, 6.07) is 5.08. The van der Waals surface area contributed by atoms with Gasteiger partial charge in [-0.1, -0.05) is 18.2 Å². The summed E-state index contributed by atoms with van der Waals surface area (Å²) in [4.78, 5) is 23.5. The molecule has 0 radical (unpaired) electrons. The fourth-order valence-electron chi connectivity index (χ4n) is 2.86. The number of amides is 2. The number of nitrogens with one attached hydrogen (secondary N) is 1. The Bertz CT molecular complexity index is 715. The Labute approximate surface area is 136 Å². The Hall–Kier alpha value is -2.38. The van der Waals surface area contributed by atoms with Gasteiger partial charge in [0.2, 0.25) is 5.91 Å². The Morgan fingerprint density at radius 3 is 2.67 bits per heavy atom. The zero-order chi connectivity index (χ0) is 17.5. The fraction of sp³-hybridized carbons (Fsp3) is 0.438. The van der Waals surface area contributed by atoms with Crippen molar-refractivity contribution in [3.05, 3.63) is 35.4 Å². The molecule has 1 aromatic rings. The second-order valence-electron chi connectivity index (χ2n) is 5.97. The normalized spacial score (nSPS) is 23.8. The minimum atomic E-state index is -4.41. The number of hydrogen-bond donors (Lipinski definition) is 1. The summed E-state index contributed by atoms with van der Waals surface area (Å²) in [5.74, 6) is -0.948. The highest BCUT2D eigenvalue weighted by atomic mass is 19.4. The van der Waals surface area contributed by atoms with E-state index in [1.807, 2.05) is 0 Å². The molecule has 1 aliphatic carbocycles. The van der Waals surface area contributed by atoms with Crippen LogP contribution in [0.5, 0.6) is 0 Å². The van der Waals surface area contributed by atoms with Crippen LogP contribution in [0.1, 0.15) is 36.3 Å². The number of halogens is 3. The van der Waals surface area contributed by atoms with Gasteiger partial charge in [-0.15, -0.1) is 0 Å². The van der Waals surface area contributed by atoms with Gasteiger partial charge in [0.1, 0.15) is 5.71 Å². The molecule has 5 nitrogen and oxygen atoms in total. The molecule has 0 unspecified atom stereocenters. The standard InChI is InChI=1S/C16H16F3N3O2/c1-22-14(23)7-6-12(21-22)15(24)20-13-8-10(13)9-4-2-3-5-11(9)16(17,18)19/h2-5,10,13H,6-8H2,1H3,(H,20,24)/t10-,13+/m1/s1. The molecular formula is C16H16F3N3O2. The number of carbonyl (C=O) groups is 2. The summed E-state index contributed by atoms with van der Waals surface area (Å²) in [6.07, 6.45) is -3.51. The molecule has 24 heavy (non-hydrogen) atoms. The third-order valence-corrected chi connectivity index (χ3v) is 4.24. The molecular weight excluding hydrogens is 323 g/mol. The van der Waals surface area contributed by atoms with Gasteiger partial charge in [-0.2, -0.15) is 18.3 Å². The van der Waals surface area contributed by atoms with Crippen molar-refractivity contribution in [3.63, 3.8) is 0 Å². The third-order valence-electron chi connectivity index (χ3n) is 4.24. The molecule has 1 N–H and O–H groups in total. The van der Waals surface area contributed by atoms with Crippen molar-refractivity contribution in [2.24, 2.45) is 5.10 Å². The summed E-state index contributed by atoms with van der Waals surface area (Å²) in [7, 11) is 1.47. The summed E-state index contributed by atoms with van der Waals surface area (Å²) in [5.41, 5.74) is -0.230. The van der Waals surface area contributed by atoms with E-state index in [1.54, 1.807) is 6.07 Å². The van der Waals surface area contributed by atoms with Crippen molar-refractivity contribution in [2.45, 2.75) is 37.4 Å². The Kier molecular flexibility index (Phi) is 4.06. The predicted octanol–water partition coefficient (Wildman–Crippen LogP) is 2.29. The maximum absolute atomic E-state index is 13.1. The minimum Gasteiger partial charge on any atom is -0.348 e. The van der Waals surface area contributed by atoms with Gasteiger partial charge in [-0.3, -0.25) is 9.59 Å². The largest absolute Gasteiger partial charge is 0.416 e. The van der Waals surface area contributed by atoms with E-state index in [9.17, 15) is 22.8 Å². The van der Waals surface area contributed by atoms with Gasteiger partial charge < -0.3 is 5.32 Å². The molecule has 2 atom stereocenters. The molecule has 0 spiro atoms. The molecule has 1 aliphatic heterocycles. The van der Waals surface area contributed by atoms with Crippen LogP contribution in [0.25, 0.3) is 0 Å². The summed E-state index contributed by atoms with van der Waals surface area (Å²) < 4.78 is 39.2. The van der Waals surface area contributed by atoms with Gasteiger partial charge in [0.25, 0.3) is 5.91 Å². The lowest BCUT2D eigenvalue weighted by molar-refractivity contribution is -0.138. The summed E-state index contributed by atoms with van der Waals surface area (Å²) >= 11 is 0. The molecule has 0 bridgehead atoms. The molecule has 0 saturated heterocycles. The molecule has 128 valence electrons. The molecule has 1 saturated carbocycles. The monoisotopic (exact) mass is 339 g/mol. The van der Waals surface area contributed by atoms with Crippen molar-refractivity contribution in [2.75, 3.05) is 7.05 Å². The Balaban J connectivity index is 1.68. The molecule has 1 heterocycles. The maximum atomic E-state index is 13.1. The van der Waals surface area contributed by atoms with Crippen LogP contribution < -0.4 is 5.32 Å². The van der Waals surface area contributed by atoms with Crippen LogP contribution in [0.15, 0.2) is 29.4 Å². The van der Waals surface area contributed by atoms with Crippen molar-refractivity contribution in [1.29, 1.82) is 0 Å². The summed E-state index contributed by atoms with van der Waals surface area (Å²) in [6.45, 7) is 0. The van der Waals surface area contributed by atoms with Crippen molar-refractivity contribution < 1.29 is 22.8 Å². The van der Waals surface area contributed by atoms with Crippen molar-refractivity contribution in [3.8, 4) is 0 Å². The number of hydrazone groups is 1. The Morgan fingerprint density at radius 2 is 2.00 bits per heavy atom. The quantitative estimate of drug-likeness (QED) is 0.918. The number of benzene rings is 1. The minimum absolute atomic E-state index is 0.171. The van der Waals surface area contributed by atoms with Gasteiger partial charge in [0, 0.05) is 31.8 Å². The first kappa shape index (κ1) is 16.5. The van der Waals surface area contributed by atoms with Crippen molar-refractivity contribution in [1.82, 2.24) is 10.3 Å². The van der Waals surface area contributed by atoms with Crippen LogP contribution in [-0.2, 0) is 15.8 Å². The van der Waals surface area contributed by atoms with E-state index in [1.165, 1.54) is 19.2 Å². The molecule has 8 heteroatoms. The van der Waals surface area contributed by atoms with Gasteiger partial charge in [-0.05, 0) is 18.1 Å². The van der Waals surface area contributed by atoms with Gasteiger partial charge >= 0.3 is 6.18 Å². The molecule has 2 amide bonds. The topological polar surface area (TPSA) is 61.8 Å². The van der Waals surface area contributed by atoms with Gasteiger partial charge in [0.05, 0.1) is 5.56 Å². The van der Waals surface area contributed by atoms with E-state index < -0.39 is 17.6 Å². The van der Waals surface area contributed by atoms with Crippen LogP contribution in [-0.4, -0.2) is 35.6 Å². The lowest BCUT2D eigenvalue weighted by atomic mass is 10.0. The first-order chi connectivity index (χ1) is 11.3. The SMILES string of the molecule is CN1N=C(C(=O)N[C@H]2C[C@@H]2c2ccccc2C(F)(F)F)CCC1=O. The van der Waals surface area contributed by atoms with E-state index in [2.05, 4.69) is 10.4 Å². The van der Waals surface area contributed by atoms with Crippen LogP contribution >= 0.6 is 0 Å². The van der Waals surface area contributed by atoms with Gasteiger partial charge in [0.15, 0.2) is 0 Å². The lowest BCUT2D eigenvalue weighted by Gasteiger charge is -2.19. The van der Waals surface area contributed by atoms with Crippen molar-refractivity contribution >= 4 is 17.5 Å². The number of carbonyl (C=O) groups excluding carboxylic acids is 2. The molecule has 3 rings (SSSR count). The zero-order valence-corrected chi connectivity index (χ0v) is 12.9. The average molecular weight is 339 g/mol. The van der Waals surface area contributed by atoms with Gasteiger partial charge in [-0.25, -0.2) is 5.01 Å². The van der Waals surface area contributed by atoms with E-state index in [0.29, 0.717) is 6.42 Å². The smallest absolute Gasteiger partial charge is 0.348 e. The highest BCUT2D eigenvalue weighted by molar-refractivity contribution is 6.39. The van der Waals surface area contributed by atoms with Crippen LogP contribution in [0.2, 0.25) is 0 Å². The van der Waals surface area contributed by atoms with E-state index in [-0.39, 0.29) is 42.0 Å².